The van der Waals surface area contributed by atoms with Crippen LogP contribution >= 0.6 is 0 Å². The van der Waals surface area contributed by atoms with Gasteiger partial charge in [0.15, 0.2) is 0 Å². The fourth-order valence-corrected chi connectivity index (χ4v) is 1.49. The lowest BCUT2D eigenvalue weighted by molar-refractivity contribution is 0.100. The first-order valence-corrected chi connectivity index (χ1v) is 5.28. The Morgan fingerprint density at radius 3 is 2.88 bits per heavy atom. The zero-order valence-electron chi connectivity index (χ0n) is 9.26. The van der Waals surface area contributed by atoms with Crippen LogP contribution in [0.3, 0.4) is 0 Å². The summed E-state index contributed by atoms with van der Waals surface area (Å²) in [5.41, 5.74) is 7.66. The summed E-state index contributed by atoms with van der Waals surface area (Å²) in [4.78, 5) is 15.0. The molecular formula is C13H13N3O. The third-order valence-corrected chi connectivity index (χ3v) is 2.37. The number of hydrogen-bond donors (Lipinski definition) is 2. The lowest BCUT2D eigenvalue weighted by Gasteiger charge is -2.06. The minimum absolute atomic E-state index is 0.421. The van der Waals surface area contributed by atoms with Crippen molar-refractivity contribution in [1.29, 1.82) is 0 Å². The van der Waals surface area contributed by atoms with Gasteiger partial charge in [-0.2, -0.15) is 0 Å². The Labute approximate surface area is 99.5 Å². The maximum atomic E-state index is 11.0. The number of benzene rings is 1. The van der Waals surface area contributed by atoms with Crippen LogP contribution in [0.4, 0.5) is 5.69 Å². The van der Waals surface area contributed by atoms with Crippen molar-refractivity contribution in [2.75, 3.05) is 5.32 Å². The van der Waals surface area contributed by atoms with Gasteiger partial charge in [0.05, 0.1) is 0 Å². The summed E-state index contributed by atoms with van der Waals surface area (Å²) in [6.45, 7) is 0.663. The second-order valence-electron chi connectivity index (χ2n) is 3.66. The molecule has 0 aliphatic carbocycles. The molecule has 17 heavy (non-hydrogen) atoms. The van der Waals surface area contributed by atoms with Gasteiger partial charge in [0.25, 0.3) is 0 Å². The van der Waals surface area contributed by atoms with E-state index in [1.165, 1.54) is 0 Å². The molecule has 3 N–H and O–H groups in total. The third kappa shape index (κ3) is 3.04. The summed E-state index contributed by atoms with van der Waals surface area (Å²) in [5, 5.41) is 3.21. The molecule has 86 valence electrons. The average molecular weight is 227 g/mol. The van der Waals surface area contributed by atoms with Crippen LogP contribution in [0.25, 0.3) is 0 Å². The van der Waals surface area contributed by atoms with Crippen molar-refractivity contribution >= 4 is 11.6 Å². The number of amides is 1. The molecule has 1 heterocycles. The maximum absolute atomic E-state index is 11.0. The fourth-order valence-electron chi connectivity index (χ4n) is 1.49. The zero-order chi connectivity index (χ0) is 12.1. The predicted octanol–water partition coefficient (Wildman–Crippen LogP) is 1.79. The number of anilines is 1. The monoisotopic (exact) mass is 227 g/mol. The molecule has 0 unspecified atom stereocenters. The van der Waals surface area contributed by atoms with E-state index in [1.54, 1.807) is 30.6 Å². The number of carbonyl (C=O) groups excluding carboxylic acids is 1. The van der Waals surface area contributed by atoms with Gasteiger partial charge in [-0.3, -0.25) is 9.78 Å². The van der Waals surface area contributed by atoms with Gasteiger partial charge in [-0.05, 0) is 29.8 Å². The second-order valence-corrected chi connectivity index (χ2v) is 3.66. The van der Waals surface area contributed by atoms with E-state index in [0.29, 0.717) is 12.1 Å². The number of primary amides is 1. The summed E-state index contributed by atoms with van der Waals surface area (Å²) in [7, 11) is 0. The topological polar surface area (TPSA) is 68.0 Å². The molecule has 1 amide bonds. The van der Waals surface area contributed by atoms with Crippen molar-refractivity contribution in [3.63, 3.8) is 0 Å². The average Bonchev–Trinajstić information content (AvgIpc) is 2.38. The van der Waals surface area contributed by atoms with E-state index in [9.17, 15) is 4.79 Å². The minimum atomic E-state index is -0.421. The Kier molecular flexibility index (Phi) is 3.35. The van der Waals surface area contributed by atoms with Gasteiger partial charge in [0.2, 0.25) is 5.91 Å². The summed E-state index contributed by atoms with van der Waals surface area (Å²) in [6, 6.07) is 11.0. The number of pyridine rings is 1. The van der Waals surface area contributed by atoms with Gasteiger partial charge in [-0.1, -0.05) is 12.1 Å². The highest BCUT2D eigenvalue weighted by Crippen LogP contribution is 2.11. The lowest BCUT2D eigenvalue weighted by atomic mass is 10.2. The first-order valence-electron chi connectivity index (χ1n) is 5.28. The zero-order valence-corrected chi connectivity index (χ0v) is 9.26. The van der Waals surface area contributed by atoms with E-state index < -0.39 is 5.91 Å². The van der Waals surface area contributed by atoms with Crippen LogP contribution in [0.5, 0.6) is 0 Å². The molecule has 0 radical (unpaired) electrons. The summed E-state index contributed by atoms with van der Waals surface area (Å²) in [6.07, 6.45) is 3.53. The Morgan fingerprint density at radius 2 is 2.18 bits per heavy atom. The predicted molar refractivity (Wildman–Crippen MR) is 66.5 cm³/mol. The quantitative estimate of drug-likeness (QED) is 0.836. The summed E-state index contributed by atoms with van der Waals surface area (Å²) >= 11 is 0. The molecule has 0 aliphatic rings. The van der Waals surface area contributed by atoms with Crippen molar-refractivity contribution in [2.24, 2.45) is 5.73 Å². The standard InChI is InChI=1S/C13H13N3O/c14-13(17)11-4-1-5-12(7-11)16-9-10-3-2-6-15-8-10/h1-8,16H,9H2,(H2,14,17). The van der Waals surface area contributed by atoms with Gasteiger partial charge in [-0.25, -0.2) is 0 Å². The highest BCUT2D eigenvalue weighted by atomic mass is 16.1. The number of carbonyl (C=O) groups is 1. The van der Waals surface area contributed by atoms with Crippen molar-refractivity contribution in [1.82, 2.24) is 4.98 Å². The number of nitrogens with zero attached hydrogens (tertiary/aromatic N) is 1. The molecule has 4 nitrogen and oxygen atoms in total. The molecule has 0 atom stereocenters. The summed E-state index contributed by atoms with van der Waals surface area (Å²) in [5.74, 6) is -0.421. The SMILES string of the molecule is NC(=O)c1cccc(NCc2cccnc2)c1. The molecule has 0 saturated heterocycles. The highest BCUT2D eigenvalue weighted by Gasteiger charge is 2.00. The molecule has 0 aliphatic heterocycles. The van der Waals surface area contributed by atoms with Crippen molar-refractivity contribution in [3.8, 4) is 0 Å². The van der Waals surface area contributed by atoms with E-state index in [1.807, 2.05) is 18.2 Å². The highest BCUT2D eigenvalue weighted by molar-refractivity contribution is 5.93. The van der Waals surface area contributed by atoms with Crippen LogP contribution in [-0.4, -0.2) is 10.9 Å². The second kappa shape index (κ2) is 5.12. The molecule has 2 rings (SSSR count). The third-order valence-electron chi connectivity index (χ3n) is 2.37. The normalized spacial score (nSPS) is 9.88. The van der Waals surface area contributed by atoms with E-state index in [4.69, 9.17) is 5.73 Å². The van der Waals surface area contributed by atoms with Crippen molar-refractivity contribution in [3.05, 3.63) is 59.9 Å². The van der Waals surface area contributed by atoms with Crippen LogP contribution in [0, 0.1) is 0 Å². The molecule has 2 aromatic rings. The van der Waals surface area contributed by atoms with Gasteiger partial charge in [0.1, 0.15) is 0 Å². The molecule has 0 saturated carbocycles. The number of nitrogens with one attached hydrogen (secondary N) is 1. The molecule has 0 bridgehead atoms. The molecule has 4 heteroatoms. The first kappa shape index (κ1) is 11.1. The largest absolute Gasteiger partial charge is 0.381 e. The number of rotatable bonds is 4. The van der Waals surface area contributed by atoms with Gasteiger partial charge < -0.3 is 11.1 Å². The Bertz CT molecular complexity index is 511. The number of hydrogen-bond acceptors (Lipinski definition) is 3. The van der Waals surface area contributed by atoms with Crippen LogP contribution in [0.15, 0.2) is 48.8 Å². The lowest BCUT2D eigenvalue weighted by Crippen LogP contribution is -2.11. The van der Waals surface area contributed by atoms with Crippen LogP contribution < -0.4 is 11.1 Å². The van der Waals surface area contributed by atoms with Crippen LogP contribution in [0.2, 0.25) is 0 Å². The van der Waals surface area contributed by atoms with Crippen LogP contribution in [0.1, 0.15) is 15.9 Å². The fraction of sp³-hybridized carbons (Fsp3) is 0.0769. The number of aromatic nitrogens is 1. The molecular weight excluding hydrogens is 214 g/mol. The molecule has 1 aromatic carbocycles. The molecule has 1 aromatic heterocycles. The van der Waals surface area contributed by atoms with E-state index in [2.05, 4.69) is 10.3 Å². The van der Waals surface area contributed by atoms with E-state index in [-0.39, 0.29) is 0 Å². The van der Waals surface area contributed by atoms with Gasteiger partial charge in [-0.15, -0.1) is 0 Å². The van der Waals surface area contributed by atoms with E-state index >= 15 is 0 Å². The first-order chi connectivity index (χ1) is 8.25. The number of nitrogens with two attached hydrogens (primary N) is 1. The minimum Gasteiger partial charge on any atom is -0.381 e. The summed E-state index contributed by atoms with van der Waals surface area (Å²) < 4.78 is 0. The smallest absolute Gasteiger partial charge is 0.248 e. The van der Waals surface area contributed by atoms with Crippen molar-refractivity contribution < 1.29 is 4.79 Å². The molecule has 0 spiro atoms. The maximum Gasteiger partial charge on any atom is 0.248 e. The molecule has 0 fully saturated rings. The Hall–Kier alpha value is -2.36. The van der Waals surface area contributed by atoms with Crippen molar-refractivity contribution in [2.45, 2.75) is 6.54 Å². The Morgan fingerprint density at radius 1 is 1.29 bits per heavy atom. The van der Waals surface area contributed by atoms with Crippen LogP contribution in [-0.2, 0) is 6.54 Å². The van der Waals surface area contributed by atoms with Gasteiger partial charge in [0, 0.05) is 30.2 Å². The van der Waals surface area contributed by atoms with E-state index in [0.717, 1.165) is 11.3 Å². The van der Waals surface area contributed by atoms with Gasteiger partial charge >= 0.3 is 0 Å². The Balaban J connectivity index is 2.04.